The lowest BCUT2D eigenvalue weighted by Gasteiger charge is -2.22. The number of aryl methyl sites for hydroxylation is 1. The van der Waals surface area contributed by atoms with Gasteiger partial charge in [0.05, 0.1) is 5.92 Å². The van der Waals surface area contributed by atoms with Crippen molar-refractivity contribution in [1.82, 2.24) is 15.1 Å². The van der Waals surface area contributed by atoms with E-state index >= 15 is 0 Å². The summed E-state index contributed by atoms with van der Waals surface area (Å²) < 4.78 is 5.48. The maximum atomic E-state index is 12.5. The summed E-state index contributed by atoms with van der Waals surface area (Å²) in [6, 6.07) is 4.92. The normalized spacial score (nSPS) is 21.3. The number of carboxylic acid groups (broad SMARTS) is 1. The zero-order chi connectivity index (χ0) is 15.9. The van der Waals surface area contributed by atoms with Crippen LogP contribution in [0.2, 0.25) is 0 Å². The van der Waals surface area contributed by atoms with E-state index in [1.807, 2.05) is 13.0 Å². The fourth-order valence-corrected chi connectivity index (χ4v) is 2.84. The number of likely N-dealkylation sites (tertiary alicyclic amines) is 1. The Morgan fingerprint density at radius 2 is 2.23 bits per heavy atom. The first kappa shape index (κ1) is 14.4. The third-order valence-electron chi connectivity index (χ3n) is 4.14. The van der Waals surface area contributed by atoms with E-state index in [9.17, 15) is 9.59 Å². The number of aromatic amines is 1. The van der Waals surface area contributed by atoms with Crippen LogP contribution >= 0.6 is 0 Å². The molecule has 1 aliphatic heterocycles. The highest BCUT2D eigenvalue weighted by Crippen LogP contribution is 2.27. The second-order valence-electron chi connectivity index (χ2n) is 5.55. The molecule has 0 spiro atoms. The molecule has 2 N–H and O–H groups in total. The summed E-state index contributed by atoms with van der Waals surface area (Å²) in [7, 11) is 0. The molecule has 0 saturated carbocycles. The third kappa shape index (κ3) is 2.38. The van der Waals surface area contributed by atoms with Gasteiger partial charge in [-0.2, -0.15) is 5.10 Å². The highest BCUT2D eigenvalue weighted by Gasteiger charge is 2.39. The van der Waals surface area contributed by atoms with Gasteiger partial charge in [0, 0.05) is 18.7 Å². The predicted octanol–water partition coefficient (Wildman–Crippen LogP) is 1.91. The summed E-state index contributed by atoms with van der Waals surface area (Å²) in [6.07, 6.45) is 0.469. The quantitative estimate of drug-likeness (QED) is 0.902. The minimum atomic E-state index is -0.864. The molecule has 1 fully saturated rings. The maximum absolute atomic E-state index is 12.5. The van der Waals surface area contributed by atoms with E-state index in [1.54, 1.807) is 24.0 Å². The standard InChI is InChI=1S/C15H17N3O4/c1-8-3-4-13(22-8)11-7-12(17-16-11)14(19)18-6-5-10(9(18)2)15(20)21/h3-4,7,9-10H,5-6H2,1-2H3,(H,16,17)(H,20,21). The predicted molar refractivity (Wildman–Crippen MR) is 77.3 cm³/mol. The van der Waals surface area contributed by atoms with Crippen molar-refractivity contribution in [2.75, 3.05) is 6.54 Å². The molecule has 2 atom stereocenters. The van der Waals surface area contributed by atoms with E-state index in [0.29, 0.717) is 24.4 Å². The maximum Gasteiger partial charge on any atom is 0.308 e. The van der Waals surface area contributed by atoms with Crippen LogP contribution in [0, 0.1) is 12.8 Å². The molecular formula is C15H17N3O4. The van der Waals surface area contributed by atoms with Crippen LogP contribution in [0.4, 0.5) is 0 Å². The van der Waals surface area contributed by atoms with Crippen LogP contribution in [0.1, 0.15) is 29.6 Å². The lowest BCUT2D eigenvalue weighted by Crippen LogP contribution is -2.37. The van der Waals surface area contributed by atoms with Crippen molar-refractivity contribution in [1.29, 1.82) is 0 Å². The fourth-order valence-electron chi connectivity index (χ4n) is 2.84. The molecule has 7 nitrogen and oxygen atoms in total. The summed E-state index contributed by atoms with van der Waals surface area (Å²) in [4.78, 5) is 25.2. The molecule has 7 heteroatoms. The number of hydrogen-bond donors (Lipinski definition) is 2. The van der Waals surface area contributed by atoms with Crippen LogP contribution in [0.3, 0.4) is 0 Å². The topological polar surface area (TPSA) is 99.4 Å². The Morgan fingerprint density at radius 3 is 2.82 bits per heavy atom. The highest BCUT2D eigenvalue weighted by atomic mass is 16.4. The van der Waals surface area contributed by atoms with Gasteiger partial charge in [-0.05, 0) is 32.4 Å². The Bertz CT molecular complexity index is 718. The second-order valence-corrected chi connectivity index (χ2v) is 5.55. The number of nitrogens with zero attached hydrogens (tertiary/aromatic N) is 2. The van der Waals surface area contributed by atoms with Gasteiger partial charge >= 0.3 is 5.97 Å². The van der Waals surface area contributed by atoms with E-state index in [-0.39, 0.29) is 17.6 Å². The number of hydrogen-bond acceptors (Lipinski definition) is 4. The average Bonchev–Trinajstić information content (AvgIpc) is 3.16. The number of aliphatic carboxylic acids is 1. The van der Waals surface area contributed by atoms with Gasteiger partial charge in [0.15, 0.2) is 11.5 Å². The van der Waals surface area contributed by atoms with Crippen LogP contribution < -0.4 is 0 Å². The Morgan fingerprint density at radius 1 is 1.45 bits per heavy atom. The summed E-state index contributed by atoms with van der Waals surface area (Å²) in [5.41, 5.74) is 0.889. The molecule has 22 heavy (non-hydrogen) atoms. The van der Waals surface area contributed by atoms with E-state index < -0.39 is 11.9 Å². The molecule has 0 radical (unpaired) electrons. The van der Waals surface area contributed by atoms with E-state index in [0.717, 1.165) is 5.76 Å². The first-order valence-corrected chi connectivity index (χ1v) is 7.13. The summed E-state index contributed by atoms with van der Waals surface area (Å²) in [6.45, 7) is 4.02. The minimum Gasteiger partial charge on any atom is -0.481 e. The Kier molecular flexibility index (Phi) is 3.48. The SMILES string of the molecule is Cc1ccc(-c2cc(C(=O)N3CCC(C(=O)O)C3C)n[nH]2)o1. The van der Waals surface area contributed by atoms with Gasteiger partial charge in [-0.3, -0.25) is 14.7 Å². The number of amides is 1. The van der Waals surface area contributed by atoms with E-state index in [4.69, 9.17) is 9.52 Å². The molecule has 2 aromatic rings. The first-order chi connectivity index (χ1) is 10.5. The zero-order valence-electron chi connectivity index (χ0n) is 12.4. The number of nitrogens with one attached hydrogen (secondary N) is 1. The number of carboxylic acids is 1. The lowest BCUT2D eigenvalue weighted by atomic mass is 10.0. The van der Waals surface area contributed by atoms with Crippen molar-refractivity contribution in [3.8, 4) is 11.5 Å². The fraction of sp³-hybridized carbons (Fsp3) is 0.400. The van der Waals surface area contributed by atoms with Crippen molar-refractivity contribution in [3.05, 3.63) is 29.7 Å². The third-order valence-corrected chi connectivity index (χ3v) is 4.14. The Balaban J connectivity index is 1.79. The number of furan rings is 1. The average molecular weight is 303 g/mol. The van der Waals surface area contributed by atoms with Crippen molar-refractivity contribution in [2.24, 2.45) is 5.92 Å². The van der Waals surface area contributed by atoms with Gasteiger partial charge in [-0.25, -0.2) is 0 Å². The summed E-state index contributed by atoms with van der Waals surface area (Å²) in [5.74, 6) is -0.259. The van der Waals surface area contributed by atoms with Crippen LogP contribution in [-0.2, 0) is 4.79 Å². The number of H-pyrrole nitrogens is 1. The van der Waals surface area contributed by atoms with Crippen LogP contribution in [0.5, 0.6) is 0 Å². The summed E-state index contributed by atoms with van der Waals surface area (Å²) >= 11 is 0. The van der Waals surface area contributed by atoms with Gasteiger partial charge in [-0.1, -0.05) is 0 Å². The van der Waals surface area contributed by atoms with Crippen molar-refractivity contribution >= 4 is 11.9 Å². The van der Waals surface area contributed by atoms with E-state index in [2.05, 4.69) is 10.2 Å². The summed E-state index contributed by atoms with van der Waals surface area (Å²) in [5, 5.41) is 15.9. The van der Waals surface area contributed by atoms with Gasteiger partial charge in [0.2, 0.25) is 0 Å². The van der Waals surface area contributed by atoms with Crippen LogP contribution in [-0.4, -0.2) is 44.7 Å². The number of carbonyl (C=O) groups excluding carboxylic acids is 1. The highest BCUT2D eigenvalue weighted by molar-refractivity contribution is 5.94. The molecule has 0 aromatic carbocycles. The molecule has 0 aliphatic carbocycles. The van der Waals surface area contributed by atoms with Crippen LogP contribution in [0.15, 0.2) is 22.6 Å². The lowest BCUT2D eigenvalue weighted by molar-refractivity contribution is -0.142. The zero-order valence-corrected chi connectivity index (χ0v) is 12.4. The molecule has 2 unspecified atom stereocenters. The Labute approximate surface area is 126 Å². The number of aromatic nitrogens is 2. The number of carbonyl (C=O) groups is 2. The monoisotopic (exact) mass is 303 g/mol. The second kappa shape index (κ2) is 5.32. The minimum absolute atomic E-state index is 0.262. The molecule has 3 rings (SSSR count). The first-order valence-electron chi connectivity index (χ1n) is 7.13. The smallest absolute Gasteiger partial charge is 0.308 e. The van der Waals surface area contributed by atoms with Crippen LogP contribution in [0.25, 0.3) is 11.5 Å². The molecule has 1 amide bonds. The molecular weight excluding hydrogens is 286 g/mol. The van der Waals surface area contributed by atoms with Crippen molar-refractivity contribution in [2.45, 2.75) is 26.3 Å². The van der Waals surface area contributed by atoms with Gasteiger partial charge in [0.1, 0.15) is 11.5 Å². The largest absolute Gasteiger partial charge is 0.481 e. The molecule has 116 valence electrons. The molecule has 2 aromatic heterocycles. The van der Waals surface area contributed by atoms with E-state index in [1.165, 1.54) is 0 Å². The van der Waals surface area contributed by atoms with Crippen molar-refractivity contribution in [3.63, 3.8) is 0 Å². The molecule has 1 aliphatic rings. The molecule has 3 heterocycles. The van der Waals surface area contributed by atoms with Crippen molar-refractivity contribution < 1.29 is 19.1 Å². The number of rotatable bonds is 3. The molecule has 0 bridgehead atoms. The van der Waals surface area contributed by atoms with Gasteiger partial charge in [-0.15, -0.1) is 0 Å². The van der Waals surface area contributed by atoms with Gasteiger partial charge < -0.3 is 14.4 Å². The Hall–Kier alpha value is -2.57. The molecule has 1 saturated heterocycles. The van der Waals surface area contributed by atoms with Gasteiger partial charge in [0.25, 0.3) is 5.91 Å².